The van der Waals surface area contributed by atoms with Gasteiger partial charge in [0.25, 0.3) is 0 Å². The Morgan fingerprint density at radius 3 is 2.16 bits per heavy atom. The van der Waals surface area contributed by atoms with Crippen molar-refractivity contribution in [2.24, 2.45) is 17.8 Å². The SMILES string of the molecule is C=C(CC)[C@@H]([C@@H](CC(=O)N1CCCC1[C@H](OC)[C@@H](C)C(=O)N[C@@H](Cc1ccccc1)c1nccs1)OC)N(C)C(=O)[C@@H](NC(=O)[C@H](C(C)C)N(C)CCc1ccc(NC)cc1)C(C)C. The maximum atomic E-state index is 14.6. The number of amides is 4. The first-order valence-corrected chi connectivity index (χ1v) is 23.7. The van der Waals surface area contributed by atoms with Crippen LogP contribution in [-0.2, 0) is 41.5 Å². The van der Waals surface area contributed by atoms with E-state index in [0.717, 1.165) is 34.7 Å². The van der Waals surface area contributed by atoms with Crippen LogP contribution in [0.15, 0.2) is 78.3 Å². The molecule has 1 saturated heterocycles. The average molecular weight is 902 g/mol. The van der Waals surface area contributed by atoms with E-state index in [-0.39, 0.29) is 54.0 Å². The summed E-state index contributed by atoms with van der Waals surface area (Å²) in [5.74, 6) is -1.65. The zero-order valence-corrected chi connectivity index (χ0v) is 41.0. The molecule has 352 valence electrons. The lowest BCUT2D eigenvalue weighted by molar-refractivity contribution is -0.145. The molecular formula is C50H75N7O6S. The summed E-state index contributed by atoms with van der Waals surface area (Å²) in [6, 6.07) is 15.6. The molecule has 0 saturated carbocycles. The van der Waals surface area contributed by atoms with Gasteiger partial charge in [-0.05, 0) is 74.2 Å². The van der Waals surface area contributed by atoms with Crippen molar-refractivity contribution in [1.29, 1.82) is 0 Å². The summed E-state index contributed by atoms with van der Waals surface area (Å²) in [7, 11) is 8.68. The molecule has 0 spiro atoms. The van der Waals surface area contributed by atoms with Gasteiger partial charge in [0.1, 0.15) is 11.0 Å². The number of thiazole rings is 1. The summed E-state index contributed by atoms with van der Waals surface area (Å²) in [6.07, 6.45) is 3.76. The van der Waals surface area contributed by atoms with E-state index in [0.29, 0.717) is 32.4 Å². The highest BCUT2D eigenvalue weighted by Crippen LogP contribution is 2.30. The van der Waals surface area contributed by atoms with E-state index < -0.39 is 36.3 Å². The number of carbonyl (C=O) groups is 4. The number of methoxy groups -OCH3 is 2. The predicted molar refractivity (Wildman–Crippen MR) is 257 cm³/mol. The Morgan fingerprint density at radius 1 is 0.906 bits per heavy atom. The topological polar surface area (TPSA) is 145 Å². The van der Waals surface area contributed by atoms with Crippen molar-refractivity contribution in [3.05, 3.63) is 94.5 Å². The molecule has 3 aromatic rings. The van der Waals surface area contributed by atoms with Crippen LogP contribution < -0.4 is 16.0 Å². The van der Waals surface area contributed by atoms with E-state index in [9.17, 15) is 19.2 Å². The molecule has 8 atom stereocenters. The van der Waals surface area contributed by atoms with Gasteiger partial charge in [-0.3, -0.25) is 24.1 Å². The normalized spacial score (nSPS) is 17.3. The molecule has 13 nitrogen and oxygen atoms in total. The third kappa shape index (κ3) is 13.7. The molecule has 0 bridgehead atoms. The molecule has 1 aromatic heterocycles. The molecule has 2 aromatic carbocycles. The van der Waals surface area contributed by atoms with E-state index in [1.54, 1.807) is 32.4 Å². The molecule has 1 aliphatic rings. The van der Waals surface area contributed by atoms with Crippen LogP contribution in [0.25, 0.3) is 0 Å². The highest BCUT2D eigenvalue weighted by molar-refractivity contribution is 7.09. The third-order valence-electron chi connectivity index (χ3n) is 12.8. The van der Waals surface area contributed by atoms with Crippen molar-refractivity contribution in [2.75, 3.05) is 53.8 Å². The number of aromatic nitrogens is 1. The van der Waals surface area contributed by atoms with Gasteiger partial charge in [-0.1, -0.05) is 96.2 Å². The fraction of sp³-hybridized carbons (Fsp3) is 0.580. The lowest BCUT2D eigenvalue weighted by Gasteiger charge is -2.39. The van der Waals surface area contributed by atoms with Crippen LogP contribution in [0.5, 0.6) is 0 Å². The van der Waals surface area contributed by atoms with Crippen LogP contribution in [0.2, 0.25) is 0 Å². The molecule has 4 amide bonds. The van der Waals surface area contributed by atoms with Crippen LogP contribution in [0.3, 0.4) is 0 Å². The van der Waals surface area contributed by atoms with E-state index in [4.69, 9.17) is 9.47 Å². The predicted octanol–water partition coefficient (Wildman–Crippen LogP) is 6.77. The number of likely N-dealkylation sites (N-methyl/N-ethyl adjacent to an activating group) is 2. The second kappa shape index (κ2) is 25.2. The molecule has 0 aliphatic carbocycles. The largest absolute Gasteiger partial charge is 0.388 e. The summed E-state index contributed by atoms with van der Waals surface area (Å²) >= 11 is 1.50. The zero-order valence-electron chi connectivity index (χ0n) is 40.1. The summed E-state index contributed by atoms with van der Waals surface area (Å²) in [5.41, 5.74) is 4.03. The Balaban J connectivity index is 1.47. The minimum Gasteiger partial charge on any atom is -0.388 e. The smallest absolute Gasteiger partial charge is 0.245 e. The molecular weight excluding hydrogens is 827 g/mol. The van der Waals surface area contributed by atoms with Crippen molar-refractivity contribution < 1.29 is 28.7 Å². The molecule has 0 radical (unpaired) electrons. The van der Waals surface area contributed by atoms with Crippen molar-refractivity contribution in [3.8, 4) is 0 Å². The van der Waals surface area contributed by atoms with E-state index >= 15 is 0 Å². The second-order valence-corrected chi connectivity index (χ2v) is 18.8. The van der Waals surface area contributed by atoms with Gasteiger partial charge < -0.3 is 35.2 Å². The maximum Gasteiger partial charge on any atom is 0.245 e. The Morgan fingerprint density at radius 2 is 1.59 bits per heavy atom. The first-order chi connectivity index (χ1) is 30.6. The molecule has 3 N–H and O–H groups in total. The van der Waals surface area contributed by atoms with E-state index in [1.807, 2.05) is 108 Å². The number of nitrogens with one attached hydrogen (secondary N) is 3. The standard InChI is InChI=1S/C50H75N7O6S/c1-13-34(6)45(56(10)50(61)43(32(2)3)54-48(60)44(33(4)5)55(9)28-25-36-21-23-38(51-8)24-22-36)41(62-11)31-42(58)57-27-17-20-40(57)46(63-12)35(7)47(59)53-39(49-52-26-29-64-49)30-37-18-15-14-16-19-37/h14-16,18-19,21-24,26,29,32-33,35,39-41,43-46,51H,6,13,17,20,25,27-28,30-31H2,1-5,7-12H3,(H,53,59)(H,54,60)/t35-,39+,40?,41-,43+,44+,45+,46-/m1/s1. The number of ether oxygens (including phenoxy) is 2. The minimum absolute atomic E-state index is 0.0154. The van der Waals surface area contributed by atoms with Gasteiger partial charge in [0.15, 0.2) is 0 Å². The number of benzene rings is 2. The van der Waals surface area contributed by atoms with Crippen LogP contribution in [0.4, 0.5) is 5.69 Å². The highest BCUT2D eigenvalue weighted by Gasteiger charge is 2.43. The number of anilines is 1. The van der Waals surface area contributed by atoms with Crippen LogP contribution in [-0.4, -0.2) is 128 Å². The van der Waals surface area contributed by atoms with Gasteiger partial charge in [0, 0.05) is 58.7 Å². The van der Waals surface area contributed by atoms with Crippen molar-refractivity contribution in [2.45, 2.75) is 122 Å². The lowest BCUT2D eigenvalue weighted by Crippen LogP contribution is -2.59. The molecule has 14 heteroatoms. The van der Waals surface area contributed by atoms with E-state index in [2.05, 4.69) is 44.5 Å². The zero-order chi connectivity index (χ0) is 47.1. The molecule has 2 heterocycles. The summed E-state index contributed by atoms with van der Waals surface area (Å²) in [6.45, 7) is 17.2. The second-order valence-electron chi connectivity index (χ2n) is 17.9. The van der Waals surface area contributed by atoms with Crippen LogP contribution in [0.1, 0.15) is 89.4 Å². The number of rotatable bonds is 25. The highest BCUT2D eigenvalue weighted by atomic mass is 32.1. The quantitative estimate of drug-likeness (QED) is 0.0786. The number of carbonyl (C=O) groups excluding carboxylic acids is 4. The fourth-order valence-electron chi connectivity index (χ4n) is 9.06. The number of hydrogen-bond donors (Lipinski definition) is 3. The molecule has 1 aliphatic heterocycles. The van der Waals surface area contributed by atoms with Gasteiger partial charge in [-0.15, -0.1) is 11.3 Å². The van der Waals surface area contributed by atoms with Gasteiger partial charge in [0.05, 0.1) is 48.7 Å². The third-order valence-corrected chi connectivity index (χ3v) is 13.7. The number of nitrogens with zero attached hydrogens (tertiary/aromatic N) is 4. The number of hydrogen-bond acceptors (Lipinski definition) is 10. The maximum absolute atomic E-state index is 14.6. The molecule has 1 unspecified atom stereocenters. The molecule has 1 fully saturated rings. The summed E-state index contributed by atoms with van der Waals surface area (Å²) < 4.78 is 12.1. The van der Waals surface area contributed by atoms with Gasteiger partial charge in [-0.2, -0.15) is 0 Å². The Labute approximate surface area is 386 Å². The van der Waals surface area contributed by atoms with Crippen molar-refractivity contribution in [1.82, 2.24) is 30.3 Å². The van der Waals surface area contributed by atoms with Crippen molar-refractivity contribution in [3.63, 3.8) is 0 Å². The monoisotopic (exact) mass is 902 g/mol. The minimum atomic E-state index is -0.831. The van der Waals surface area contributed by atoms with Crippen LogP contribution >= 0.6 is 11.3 Å². The first-order valence-electron chi connectivity index (χ1n) is 22.9. The van der Waals surface area contributed by atoms with Gasteiger partial charge in [0.2, 0.25) is 23.6 Å². The summed E-state index contributed by atoms with van der Waals surface area (Å²) in [4.78, 5) is 67.1. The van der Waals surface area contributed by atoms with Gasteiger partial charge >= 0.3 is 0 Å². The van der Waals surface area contributed by atoms with E-state index in [1.165, 1.54) is 16.9 Å². The number of likely N-dealkylation sites (tertiary alicyclic amines) is 1. The Kier molecular flexibility index (Phi) is 20.4. The Bertz CT molecular complexity index is 1930. The molecule has 4 rings (SSSR count). The molecule has 64 heavy (non-hydrogen) atoms. The van der Waals surface area contributed by atoms with Crippen LogP contribution in [0, 0.1) is 17.8 Å². The average Bonchev–Trinajstić information content (AvgIpc) is 4.01. The van der Waals surface area contributed by atoms with Gasteiger partial charge in [-0.25, -0.2) is 4.98 Å². The van der Waals surface area contributed by atoms with Crippen molar-refractivity contribution >= 4 is 40.7 Å². The summed E-state index contributed by atoms with van der Waals surface area (Å²) in [5, 5.41) is 12.2. The Hall–Kier alpha value is -4.63. The lowest BCUT2D eigenvalue weighted by atomic mass is 9.92. The first kappa shape index (κ1) is 52.0. The fourth-order valence-corrected chi connectivity index (χ4v) is 9.75.